The Hall–Kier alpha value is -3.57. The number of aromatic nitrogens is 2. The number of amides is 1. The number of halogens is 1. The number of carbonyl (C=O) groups is 2. The second-order valence-corrected chi connectivity index (χ2v) is 9.18. The Kier molecular flexibility index (Phi) is 7.24. The maximum Gasteiger partial charge on any atom is 0.357 e. The number of ether oxygens (including phenoxy) is 1. The van der Waals surface area contributed by atoms with Gasteiger partial charge in [0.1, 0.15) is 5.82 Å². The third-order valence-electron chi connectivity index (χ3n) is 4.43. The minimum Gasteiger partial charge on any atom is -0.448 e. The van der Waals surface area contributed by atoms with Crippen LogP contribution in [0.15, 0.2) is 66.0 Å². The molecule has 2 N–H and O–H groups in total. The van der Waals surface area contributed by atoms with Gasteiger partial charge in [-0.2, -0.15) is 0 Å². The number of esters is 1. The van der Waals surface area contributed by atoms with Gasteiger partial charge in [0.25, 0.3) is 5.91 Å². The Labute approximate surface area is 190 Å². The molecule has 0 aliphatic carbocycles. The van der Waals surface area contributed by atoms with Gasteiger partial charge in [0.2, 0.25) is 10.0 Å². The highest BCUT2D eigenvalue weighted by atomic mass is 32.2. The molecule has 11 heteroatoms. The number of nitrogens with one attached hydrogen (secondary N) is 2. The topological polar surface area (TPSA) is 119 Å². The van der Waals surface area contributed by atoms with Crippen LogP contribution in [0.4, 0.5) is 10.1 Å². The number of hydrogen-bond acceptors (Lipinski definition) is 6. The van der Waals surface area contributed by atoms with Gasteiger partial charge in [0, 0.05) is 17.4 Å². The Balaban J connectivity index is 1.64. The molecule has 0 saturated carbocycles. The summed E-state index contributed by atoms with van der Waals surface area (Å²) in [5.41, 5.74) is 0.899. The molecule has 33 heavy (non-hydrogen) atoms. The summed E-state index contributed by atoms with van der Waals surface area (Å²) in [5, 5.41) is 2.57. The Morgan fingerprint density at radius 2 is 1.67 bits per heavy atom. The monoisotopic (exact) mass is 474 g/mol. The summed E-state index contributed by atoms with van der Waals surface area (Å²) in [7, 11) is -3.65. The van der Waals surface area contributed by atoms with Crippen molar-refractivity contribution >= 4 is 27.6 Å². The van der Waals surface area contributed by atoms with Gasteiger partial charge < -0.3 is 10.1 Å². The molecule has 3 rings (SSSR count). The second-order valence-electron chi connectivity index (χ2n) is 7.46. The molecule has 1 aromatic heterocycles. The molecule has 0 radical (unpaired) electrons. The largest absolute Gasteiger partial charge is 0.448 e. The molecule has 174 valence electrons. The average molecular weight is 475 g/mol. The van der Waals surface area contributed by atoms with E-state index in [4.69, 9.17) is 4.74 Å². The van der Waals surface area contributed by atoms with Crippen LogP contribution >= 0.6 is 0 Å². The van der Waals surface area contributed by atoms with Crippen LogP contribution in [-0.4, -0.2) is 42.0 Å². The highest BCUT2D eigenvalue weighted by Gasteiger charge is 2.22. The van der Waals surface area contributed by atoms with Crippen molar-refractivity contribution in [3.8, 4) is 5.69 Å². The van der Waals surface area contributed by atoms with Crippen LogP contribution in [0.2, 0.25) is 0 Å². The molecule has 0 fully saturated rings. The Morgan fingerprint density at radius 3 is 2.27 bits per heavy atom. The summed E-state index contributed by atoms with van der Waals surface area (Å²) >= 11 is 0. The molecule has 3 aromatic rings. The van der Waals surface area contributed by atoms with Gasteiger partial charge in [-0.3, -0.25) is 9.36 Å². The molecule has 0 unspecified atom stereocenters. The predicted octanol–water partition coefficient (Wildman–Crippen LogP) is 2.88. The number of nitrogens with zero attached hydrogens (tertiary/aromatic N) is 2. The van der Waals surface area contributed by atoms with Crippen LogP contribution in [0.25, 0.3) is 5.69 Å². The van der Waals surface area contributed by atoms with Crippen LogP contribution in [0.1, 0.15) is 31.3 Å². The van der Waals surface area contributed by atoms with E-state index in [0.717, 1.165) is 0 Å². The van der Waals surface area contributed by atoms with E-state index in [1.807, 2.05) is 0 Å². The normalized spacial score (nSPS) is 12.4. The molecule has 9 nitrogen and oxygen atoms in total. The molecule has 1 atom stereocenters. The van der Waals surface area contributed by atoms with Crippen LogP contribution in [0.3, 0.4) is 0 Å². The van der Waals surface area contributed by atoms with Crippen molar-refractivity contribution in [2.24, 2.45) is 0 Å². The quantitative estimate of drug-likeness (QED) is 0.485. The molecule has 2 aromatic carbocycles. The average Bonchev–Trinajstić information content (AvgIpc) is 3.24. The Morgan fingerprint density at radius 1 is 1.03 bits per heavy atom. The molecule has 0 bridgehead atoms. The first-order valence-corrected chi connectivity index (χ1v) is 11.5. The predicted molar refractivity (Wildman–Crippen MR) is 119 cm³/mol. The molecular formula is C22H23FN4O5S. The number of carbonyl (C=O) groups excluding carboxylic acids is 2. The fraction of sp³-hybridized carbons (Fsp3) is 0.227. The van der Waals surface area contributed by atoms with Crippen molar-refractivity contribution < 1.29 is 27.1 Å². The van der Waals surface area contributed by atoms with Crippen LogP contribution in [0, 0.1) is 5.82 Å². The number of rotatable bonds is 8. The molecule has 1 heterocycles. The van der Waals surface area contributed by atoms with E-state index in [2.05, 4.69) is 15.0 Å². The van der Waals surface area contributed by atoms with E-state index in [1.54, 1.807) is 13.8 Å². The SMILES string of the molecule is CC(C)NS(=O)(=O)c1ccc(NC(=O)[C@@H](C)OC(=O)c2cncn2-c2ccc(F)cc2)cc1. The number of imidazole rings is 1. The summed E-state index contributed by atoms with van der Waals surface area (Å²) in [6, 6.07) is 10.8. The molecule has 1 amide bonds. The van der Waals surface area contributed by atoms with Gasteiger partial charge in [0.05, 0.1) is 17.4 Å². The van der Waals surface area contributed by atoms with Crippen molar-refractivity contribution in [3.63, 3.8) is 0 Å². The number of anilines is 1. The number of sulfonamides is 1. The minimum atomic E-state index is -3.65. The summed E-state index contributed by atoms with van der Waals surface area (Å²) < 4.78 is 46.7. The van der Waals surface area contributed by atoms with E-state index in [1.165, 1.54) is 72.5 Å². The van der Waals surface area contributed by atoms with E-state index in [-0.39, 0.29) is 16.6 Å². The van der Waals surface area contributed by atoms with E-state index in [0.29, 0.717) is 11.4 Å². The summed E-state index contributed by atoms with van der Waals surface area (Å²) in [5.74, 6) is -1.82. The second kappa shape index (κ2) is 9.92. The first-order valence-electron chi connectivity index (χ1n) is 9.99. The van der Waals surface area contributed by atoms with Crippen molar-refractivity contribution in [1.29, 1.82) is 0 Å². The van der Waals surface area contributed by atoms with Crippen LogP contribution in [-0.2, 0) is 19.6 Å². The van der Waals surface area contributed by atoms with E-state index < -0.39 is 33.8 Å². The van der Waals surface area contributed by atoms with Crippen LogP contribution < -0.4 is 10.0 Å². The summed E-state index contributed by atoms with van der Waals surface area (Å²) in [4.78, 5) is 29.0. The molecule has 0 saturated heterocycles. The highest BCUT2D eigenvalue weighted by molar-refractivity contribution is 7.89. The number of hydrogen-bond donors (Lipinski definition) is 2. The highest BCUT2D eigenvalue weighted by Crippen LogP contribution is 2.16. The zero-order valence-corrected chi connectivity index (χ0v) is 19.0. The van der Waals surface area contributed by atoms with Crippen molar-refractivity contribution in [3.05, 3.63) is 72.6 Å². The fourth-order valence-electron chi connectivity index (χ4n) is 2.87. The zero-order chi connectivity index (χ0) is 24.2. The standard InChI is InChI=1S/C22H23FN4O5S/c1-14(2)26-33(30,31)19-10-6-17(7-11-19)25-21(28)15(3)32-22(29)20-12-24-13-27(20)18-8-4-16(23)5-9-18/h4-15,26H,1-3H3,(H,25,28)/t15-/m1/s1. The van der Waals surface area contributed by atoms with Crippen molar-refractivity contribution in [2.75, 3.05) is 5.32 Å². The van der Waals surface area contributed by atoms with Gasteiger partial charge >= 0.3 is 5.97 Å². The minimum absolute atomic E-state index is 0.0581. The third kappa shape index (κ3) is 6.02. The summed E-state index contributed by atoms with van der Waals surface area (Å²) in [6.07, 6.45) is 1.50. The zero-order valence-electron chi connectivity index (χ0n) is 18.2. The lowest BCUT2D eigenvalue weighted by atomic mass is 10.3. The van der Waals surface area contributed by atoms with Crippen molar-refractivity contribution in [2.45, 2.75) is 37.8 Å². The van der Waals surface area contributed by atoms with Crippen LogP contribution in [0.5, 0.6) is 0 Å². The van der Waals surface area contributed by atoms with Gasteiger partial charge in [-0.25, -0.2) is 27.3 Å². The van der Waals surface area contributed by atoms with Gasteiger partial charge in [-0.05, 0) is 69.3 Å². The maximum atomic E-state index is 13.2. The first-order chi connectivity index (χ1) is 15.6. The molecule has 0 aliphatic heterocycles. The smallest absolute Gasteiger partial charge is 0.357 e. The van der Waals surface area contributed by atoms with Gasteiger partial charge in [-0.15, -0.1) is 0 Å². The first kappa shape index (κ1) is 24.1. The van der Waals surface area contributed by atoms with E-state index >= 15 is 0 Å². The molecule has 0 spiro atoms. The molecular weight excluding hydrogens is 451 g/mol. The molecule has 0 aliphatic rings. The van der Waals surface area contributed by atoms with E-state index in [9.17, 15) is 22.4 Å². The lowest BCUT2D eigenvalue weighted by Gasteiger charge is -2.15. The summed E-state index contributed by atoms with van der Waals surface area (Å²) in [6.45, 7) is 4.82. The third-order valence-corrected chi connectivity index (χ3v) is 6.10. The Bertz CT molecular complexity index is 1240. The lowest BCUT2D eigenvalue weighted by molar-refractivity contribution is -0.123. The van der Waals surface area contributed by atoms with Crippen molar-refractivity contribution in [1.82, 2.24) is 14.3 Å². The van der Waals surface area contributed by atoms with Gasteiger partial charge in [-0.1, -0.05) is 0 Å². The maximum absolute atomic E-state index is 13.2. The van der Waals surface area contributed by atoms with Gasteiger partial charge in [0.15, 0.2) is 11.8 Å². The fourth-order valence-corrected chi connectivity index (χ4v) is 4.12. The number of benzene rings is 2. The lowest BCUT2D eigenvalue weighted by Crippen LogP contribution is -2.31.